The van der Waals surface area contributed by atoms with Gasteiger partial charge in [0.1, 0.15) is 5.75 Å². The fraction of sp³-hybridized carbons (Fsp3) is 0.333. The molecule has 1 aliphatic heterocycles. The summed E-state index contributed by atoms with van der Waals surface area (Å²) in [7, 11) is 0. The van der Waals surface area contributed by atoms with Gasteiger partial charge in [0.15, 0.2) is 6.61 Å². The molecule has 2 aromatic rings. The lowest BCUT2D eigenvalue weighted by Gasteiger charge is -2.16. The zero-order valence-corrected chi connectivity index (χ0v) is 15.2. The number of carbonyl (C=O) groups is 2. The smallest absolute Gasteiger partial charge is 0.262 e. The van der Waals surface area contributed by atoms with Crippen molar-refractivity contribution in [3.63, 3.8) is 0 Å². The fourth-order valence-corrected chi connectivity index (χ4v) is 3.17. The number of benzene rings is 2. The number of amides is 2. The lowest BCUT2D eigenvalue weighted by atomic mass is 10.1. The highest BCUT2D eigenvalue weighted by atomic mass is 16.5. The number of nitrogens with zero attached hydrogens (tertiary/aromatic N) is 1. The van der Waals surface area contributed by atoms with E-state index < -0.39 is 0 Å². The van der Waals surface area contributed by atoms with Crippen LogP contribution in [-0.2, 0) is 16.0 Å². The summed E-state index contributed by atoms with van der Waals surface area (Å²) in [5, 5.41) is 2.95. The van der Waals surface area contributed by atoms with Gasteiger partial charge >= 0.3 is 0 Å². The summed E-state index contributed by atoms with van der Waals surface area (Å²) in [5.41, 5.74) is 3.89. The number of nitrogens with one attached hydrogen (secondary N) is 1. The third-order valence-electron chi connectivity index (χ3n) is 4.60. The minimum atomic E-state index is -0.187. The third-order valence-corrected chi connectivity index (χ3v) is 4.60. The molecule has 0 unspecified atom stereocenters. The maximum atomic E-state index is 12.2. The molecule has 1 saturated heterocycles. The Labute approximate surface area is 154 Å². The lowest BCUT2D eigenvalue weighted by molar-refractivity contribution is -0.118. The molecule has 3 rings (SSSR count). The number of rotatable bonds is 6. The second-order valence-electron chi connectivity index (χ2n) is 6.44. The van der Waals surface area contributed by atoms with Crippen LogP contribution in [0, 0.1) is 6.92 Å². The largest absolute Gasteiger partial charge is 0.484 e. The molecule has 1 N–H and O–H groups in total. The maximum absolute atomic E-state index is 12.2. The van der Waals surface area contributed by atoms with E-state index in [1.165, 1.54) is 0 Å². The molecule has 1 fully saturated rings. The van der Waals surface area contributed by atoms with Gasteiger partial charge in [-0.1, -0.05) is 25.1 Å². The standard InChI is InChI=1S/C21H24N2O3/c1-3-16-7-4-6-15(2)21(16)22-19(24)14-26-18-11-9-17(10-12-18)23-13-5-8-20(23)25/h4,6-7,9-12H,3,5,8,13-14H2,1-2H3,(H,22,24). The Morgan fingerprint density at radius 3 is 2.62 bits per heavy atom. The summed E-state index contributed by atoms with van der Waals surface area (Å²) in [5.74, 6) is 0.576. The first-order chi connectivity index (χ1) is 12.6. The lowest BCUT2D eigenvalue weighted by Crippen LogP contribution is -2.23. The van der Waals surface area contributed by atoms with Gasteiger partial charge in [-0.2, -0.15) is 0 Å². The zero-order valence-electron chi connectivity index (χ0n) is 15.2. The van der Waals surface area contributed by atoms with Crippen molar-refractivity contribution >= 4 is 23.2 Å². The van der Waals surface area contributed by atoms with Crippen LogP contribution in [0.5, 0.6) is 5.75 Å². The van der Waals surface area contributed by atoms with Crippen LogP contribution >= 0.6 is 0 Å². The molecular weight excluding hydrogens is 328 g/mol. The SMILES string of the molecule is CCc1cccc(C)c1NC(=O)COc1ccc(N2CCCC2=O)cc1. The summed E-state index contributed by atoms with van der Waals surface area (Å²) < 4.78 is 5.58. The van der Waals surface area contributed by atoms with E-state index in [9.17, 15) is 9.59 Å². The van der Waals surface area contributed by atoms with Crippen molar-refractivity contribution in [3.05, 3.63) is 53.6 Å². The Balaban J connectivity index is 1.57. The van der Waals surface area contributed by atoms with E-state index in [4.69, 9.17) is 4.74 Å². The van der Waals surface area contributed by atoms with Gasteiger partial charge in [-0.3, -0.25) is 9.59 Å². The van der Waals surface area contributed by atoms with Crippen LogP contribution in [0.25, 0.3) is 0 Å². The molecule has 1 heterocycles. The number of ether oxygens (including phenoxy) is 1. The third kappa shape index (κ3) is 4.04. The van der Waals surface area contributed by atoms with Gasteiger partial charge in [0.05, 0.1) is 0 Å². The van der Waals surface area contributed by atoms with Crippen molar-refractivity contribution in [2.24, 2.45) is 0 Å². The number of hydrogen-bond donors (Lipinski definition) is 1. The first kappa shape index (κ1) is 18.0. The molecule has 0 saturated carbocycles. The quantitative estimate of drug-likeness (QED) is 0.862. The van der Waals surface area contributed by atoms with Gasteiger partial charge in [-0.15, -0.1) is 0 Å². The Kier molecular flexibility index (Phi) is 5.56. The van der Waals surface area contributed by atoms with Crippen LogP contribution in [0.2, 0.25) is 0 Å². The summed E-state index contributed by atoms with van der Waals surface area (Å²) in [6, 6.07) is 13.3. The molecule has 26 heavy (non-hydrogen) atoms. The molecule has 0 spiro atoms. The van der Waals surface area contributed by atoms with E-state index in [0.717, 1.165) is 41.9 Å². The van der Waals surface area contributed by atoms with Crippen LogP contribution < -0.4 is 15.0 Å². The average molecular weight is 352 g/mol. The average Bonchev–Trinajstić information content (AvgIpc) is 3.08. The Bertz CT molecular complexity index is 799. The first-order valence-electron chi connectivity index (χ1n) is 9.00. The van der Waals surface area contributed by atoms with Gasteiger partial charge in [0, 0.05) is 24.3 Å². The molecule has 5 heteroatoms. The fourth-order valence-electron chi connectivity index (χ4n) is 3.17. The van der Waals surface area contributed by atoms with Crippen molar-refractivity contribution in [2.75, 3.05) is 23.4 Å². The highest BCUT2D eigenvalue weighted by Crippen LogP contribution is 2.24. The molecule has 1 aliphatic rings. The maximum Gasteiger partial charge on any atom is 0.262 e. The molecule has 0 bridgehead atoms. The number of hydrogen-bond acceptors (Lipinski definition) is 3. The number of para-hydroxylation sites is 1. The molecule has 5 nitrogen and oxygen atoms in total. The summed E-state index contributed by atoms with van der Waals surface area (Å²) >= 11 is 0. The summed E-state index contributed by atoms with van der Waals surface area (Å²) in [6.07, 6.45) is 2.36. The van der Waals surface area contributed by atoms with E-state index in [1.807, 2.05) is 37.3 Å². The molecule has 0 aliphatic carbocycles. The van der Waals surface area contributed by atoms with Crippen LogP contribution in [0.1, 0.15) is 30.9 Å². The number of anilines is 2. The topological polar surface area (TPSA) is 58.6 Å². The van der Waals surface area contributed by atoms with Crippen molar-refractivity contribution in [3.8, 4) is 5.75 Å². The van der Waals surface area contributed by atoms with E-state index in [2.05, 4.69) is 12.2 Å². The summed E-state index contributed by atoms with van der Waals surface area (Å²) in [4.78, 5) is 25.8. The Morgan fingerprint density at radius 2 is 1.96 bits per heavy atom. The van der Waals surface area contributed by atoms with Crippen molar-refractivity contribution in [1.29, 1.82) is 0 Å². The minimum absolute atomic E-state index is 0.0561. The second kappa shape index (κ2) is 8.04. The van der Waals surface area contributed by atoms with E-state index in [-0.39, 0.29) is 18.4 Å². The van der Waals surface area contributed by atoms with E-state index in [0.29, 0.717) is 12.2 Å². The van der Waals surface area contributed by atoms with E-state index in [1.54, 1.807) is 17.0 Å². The Morgan fingerprint density at radius 1 is 1.19 bits per heavy atom. The predicted octanol–water partition coefficient (Wildman–Crippen LogP) is 3.70. The van der Waals surface area contributed by atoms with Crippen LogP contribution in [-0.4, -0.2) is 25.0 Å². The number of carbonyl (C=O) groups excluding carboxylic acids is 2. The second-order valence-corrected chi connectivity index (χ2v) is 6.44. The predicted molar refractivity (Wildman–Crippen MR) is 103 cm³/mol. The molecule has 136 valence electrons. The van der Waals surface area contributed by atoms with Crippen molar-refractivity contribution < 1.29 is 14.3 Å². The van der Waals surface area contributed by atoms with Gasteiger partial charge in [-0.25, -0.2) is 0 Å². The highest BCUT2D eigenvalue weighted by Gasteiger charge is 2.21. The molecule has 2 amide bonds. The highest BCUT2D eigenvalue weighted by molar-refractivity contribution is 5.95. The number of aryl methyl sites for hydroxylation is 2. The van der Waals surface area contributed by atoms with E-state index >= 15 is 0 Å². The van der Waals surface area contributed by atoms with Crippen LogP contribution in [0.4, 0.5) is 11.4 Å². The molecule has 0 atom stereocenters. The normalized spacial score (nSPS) is 13.8. The van der Waals surface area contributed by atoms with Crippen LogP contribution in [0.15, 0.2) is 42.5 Å². The van der Waals surface area contributed by atoms with Crippen molar-refractivity contribution in [1.82, 2.24) is 0 Å². The first-order valence-corrected chi connectivity index (χ1v) is 9.00. The molecule has 0 radical (unpaired) electrons. The monoisotopic (exact) mass is 352 g/mol. The minimum Gasteiger partial charge on any atom is -0.484 e. The van der Waals surface area contributed by atoms with Gasteiger partial charge < -0.3 is 15.0 Å². The zero-order chi connectivity index (χ0) is 18.5. The van der Waals surface area contributed by atoms with Gasteiger partial charge in [-0.05, 0) is 55.2 Å². The van der Waals surface area contributed by atoms with Crippen molar-refractivity contribution in [2.45, 2.75) is 33.1 Å². The molecule has 2 aromatic carbocycles. The molecular formula is C21H24N2O3. The summed E-state index contributed by atoms with van der Waals surface area (Å²) in [6.45, 7) is 4.75. The van der Waals surface area contributed by atoms with Gasteiger partial charge in [0.25, 0.3) is 5.91 Å². The molecule has 0 aromatic heterocycles. The Hall–Kier alpha value is -2.82. The van der Waals surface area contributed by atoms with Crippen LogP contribution in [0.3, 0.4) is 0 Å². The van der Waals surface area contributed by atoms with Gasteiger partial charge in [0.2, 0.25) is 5.91 Å².